The van der Waals surface area contributed by atoms with E-state index in [4.69, 9.17) is 4.74 Å². The maximum absolute atomic E-state index is 12.3. The van der Waals surface area contributed by atoms with Crippen LogP contribution in [0.4, 0.5) is 5.69 Å². The Bertz CT molecular complexity index is 1200. The lowest BCUT2D eigenvalue weighted by Crippen LogP contribution is -2.23. The van der Waals surface area contributed by atoms with Crippen LogP contribution < -0.4 is 15.6 Å². The first-order chi connectivity index (χ1) is 14.1. The number of nitrogens with one attached hydrogen (secondary N) is 1. The molecule has 1 aromatic carbocycles. The van der Waals surface area contributed by atoms with Gasteiger partial charge < -0.3 is 10.1 Å². The molecule has 3 heterocycles. The number of anilines is 1. The molecular formula is C19H15N7O3. The number of aromatic nitrogens is 6. The van der Waals surface area contributed by atoms with Crippen molar-refractivity contribution in [1.82, 2.24) is 29.3 Å². The summed E-state index contributed by atoms with van der Waals surface area (Å²) < 4.78 is 8.58. The SMILES string of the molecule is Cn1nc(C(=O)Nc2ccc(Oc3cc(-n4ccnc4)ncn3)cc2)ccc1=O. The second kappa shape index (κ2) is 7.72. The highest BCUT2D eigenvalue weighted by Crippen LogP contribution is 2.22. The second-order valence-corrected chi connectivity index (χ2v) is 5.95. The summed E-state index contributed by atoms with van der Waals surface area (Å²) in [4.78, 5) is 35.9. The number of benzene rings is 1. The Morgan fingerprint density at radius 1 is 1.10 bits per heavy atom. The summed E-state index contributed by atoms with van der Waals surface area (Å²) in [7, 11) is 1.48. The van der Waals surface area contributed by atoms with Gasteiger partial charge in [0.2, 0.25) is 5.88 Å². The van der Waals surface area contributed by atoms with Crippen LogP contribution >= 0.6 is 0 Å². The third kappa shape index (κ3) is 4.16. The summed E-state index contributed by atoms with van der Waals surface area (Å²) >= 11 is 0. The molecule has 0 fully saturated rings. The molecule has 0 spiro atoms. The van der Waals surface area contributed by atoms with E-state index < -0.39 is 5.91 Å². The number of hydrogen-bond acceptors (Lipinski definition) is 7. The van der Waals surface area contributed by atoms with Crippen LogP contribution in [-0.2, 0) is 7.05 Å². The lowest BCUT2D eigenvalue weighted by molar-refractivity contribution is 0.102. The summed E-state index contributed by atoms with van der Waals surface area (Å²) in [5.41, 5.74) is 0.407. The third-order valence-electron chi connectivity index (χ3n) is 3.92. The van der Waals surface area contributed by atoms with Crippen molar-refractivity contribution in [3.8, 4) is 17.4 Å². The predicted molar refractivity (Wildman–Crippen MR) is 103 cm³/mol. The quantitative estimate of drug-likeness (QED) is 0.553. The fraction of sp³-hybridized carbons (Fsp3) is 0.0526. The number of ether oxygens (including phenoxy) is 1. The summed E-state index contributed by atoms with van der Waals surface area (Å²) in [6.07, 6.45) is 6.45. The molecule has 3 aromatic heterocycles. The molecular weight excluding hydrogens is 374 g/mol. The van der Waals surface area contributed by atoms with Crippen molar-refractivity contribution in [2.45, 2.75) is 0 Å². The minimum atomic E-state index is -0.421. The standard InChI is InChI=1S/C19H15N7O3/c1-25-18(27)7-6-15(24-25)19(28)23-13-2-4-14(5-3-13)29-17-10-16(21-11-22-17)26-9-8-20-12-26/h2-12H,1H3,(H,23,28). The smallest absolute Gasteiger partial charge is 0.276 e. The van der Waals surface area contributed by atoms with Crippen molar-refractivity contribution in [2.24, 2.45) is 7.05 Å². The molecule has 0 saturated carbocycles. The lowest BCUT2D eigenvalue weighted by Gasteiger charge is -2.08. The molecule has 0 radical (unpaired) electrons. The number of carbonyl (C=O) groups is 1. The predicted octanol–water partition coefficient (Wildman–Crippen LogP) is 1.80. The molecule has 144 valence electrons. The monoisotopic (exact) mass is 389 g/mol. The van der Waals surface area contributed by atoms with Gasteiger partial charge in [-0.05, 0) is 30.3 Å². The van der Waals surface area contributed by atoms with E-state index in [2.05, 4.69) is 25.4 Å². The van der Waals surface area contributed by atoms with Crippen molar-refractivity contribution in [2.75, 3.05) is 5.32 Å². The molecule has 10 heteroatoms. The van der Waals surface area contributed by atoms with E-state index >= 15 is 0 Å². The van der Waals surface area contributed by atoms with Crippen molar-refractivity contribution in [3.05, 3.63) is 83.6 Å². The fourth-order valence-corrected chi connectivity index (χ4v) is 2.47. The Balaban J connectivity index is 1.44. The average Bonchev–Trinajstić information content (AvgIpc) is 3.27. The average molecular weight is 389 g/mol. The van der Waals surface area contributed by atoms with Gasteiger partial charge in [0.25, 0.3) is 11.5 Å². The minimum Gasteiger partial charge on any atom is -0.439 e. The van der Waals surface area contributed by atoms with E-state index in [1.54, 1.807) is 53.6 Å². The number of amides is 1. The molecule has 29 heavy (non-hydrogen) atoms. The molecule has 1 amide bonds. The Morgan fingerprint density at radius 3 is 2.66 bits per heavy atom. The van der Waals surface area contributed by atoms with E-state index in [9.17, 15) is 9.59 Å². The number of rotatable bonds is 5. The Kier molecular flexibility index (Phi) is 4.81. The zero-order valence-electron chi connectivity index (χ0n) is 15.3. The zero-order valence-corrected chi connectivity index (χ0v) is 15.3. The van der Waals surface area contributed by atoms with Crippen LogP contribution in [-0.4, -0.2) is 35.2 Å². The molecule has 0 saturated heterocycles. The molecule has 0 bridgehead atoms. The van der Waals surface area contributed by atoms with Crippen molar-refractivity contribution >= 4 is 11.6 Å². The maximum atomic E-state index is 12.3. The Hall–Kier alpha value is -4.34. The van der Waals surface area contributed by atoms with Crippen LogP contribution in [0, 0.1) is 0 Å². The first-order valence-electron chi connectivity index (χ1n) is 8.52. The fourth-order valence-electron chi connectivity index (χ4n) is 2.47. The van der Waals surface area contributed by atoms with Gasteiger partial charge in [-0.25, -0.2) is 19.6 Å². The van der Waals surface area contributed by atoms with Gasteiger partial charge in [0.1, 0.15) is 29.9 Å². The highest BCUT2D eigenvalue weighted by atomic mass is 16.5. The van der Waals surface area contributed by atoms with Crippen LogP contribution in [0.25, 0.3) is 5.82 Å². The van der Waals surface area contributed by atoms with Crippen molar-refractivity contribution in [1.29, 1.82) is 0 Å². The van der Waals surface area contributed by atoms with E-state index in [0.29, 0.717) is 23.1 Å². The number of carbonyl (C=O) groups excluding carboxylic acids is 1. The molecule has 10 nitrogen and oxygen atoms in total. The molecule has 0 aliphatic rings. The number of hydrogen-bond donors (Lipinski definition) is 1. The lowest BCUT2D eigenvalue weighted by atomic mass is 10.3. The summed E-state index contributed by atoms with van der Waals surface area (Å²) in [6, 6.07) is 11.1. The summed E-state index contributed by atoms with van der Waals surface area (Å²) in [6.45, 7) is 0. The first-order valence-corrected chi connectivity index (χ1v) is 8.52. The van der Waals surface area contributed by atoms with Gasteiger partial charge >= 0.3 is 0 Å². The number of aryl methyl sites for hydroxylation is 1. The van der Waals surface area contributed by atoms with E-state index in [-0.39, 0.29) is 11.3 Å². The second-order valence-electron chi connectivity index (χ2n) is 5.95. The van der Waals surface area contributed by atoms with Crippen LogP contribution in [0.1, 0.15) is 10.5 Å². The van der Waals surface area contributed by atoms with Gasteiger partial charge in [0, 0.05) is 37.3 Å². The van der Waals surface area contributed by atoms with E-state index in [1.165, 1.54) is 25.5 Å². The molecule has 0 aliphatic heterocycles. The Labute approximate surface area is 164 Å². The first kappa shape index (κ1) is 18.0. The van der Waals surface area contributed by atoms with Gasteiger partial charge in [-0.1, -0.05) is 0 Å². The normalized spacial score (nSPS) is 10.5. The highest BCUT2D eigenvalue weighted by Gasteiger charge is 2.09. The molecule has 0 atom stereocenters. The van der Waals surface area contributed by atoms with E-state index in [0.717, 1.165) is 4.68 Å². The molecule has 0 aliphatic carbocycles. The van der Waals surface area contributed by atoms with Gasteiger partial charge in [0.15, 0.2) is 0 Å². The van der Waals surface area contributed by atoms with Gasteiger partial charge in [-0.3, -0.25) is 14.2 Å². The summed E-state index contributed by atoms with van der Waals surface area (Å²) in [5.74, 6) is 1.12. The number of nitrogens with zero attached hydrogens (tertiary/aromatic N) is 6. The molecule has 4 aromatic rings. The Morgan fingerprint density at radius 2 is 1.93 bits per heavy atom. The van der Waals surface area contributed by atoms with E-state index in [1.807, 2.05) is 0 Å². The topological polar surface area (TPSA) is 117 Å². The number of imidazole rings is 1. The largest absolute Gasteiger partial charge is 0.439 e. The molecule has 1 N–H and O–H groups in total. The minimum absolute atomic E-state index is 0.139. The van der Waals surface area contributed by atoms with Crippen LogP contribution in [0.2, 0.25) is 0 Å². The van der Waals surface area contributed by atoms with Gasteiger partial charge in [-0.2, -0.15) is 5.10 Å². The third-order valence-corrected chi connectivity index (χ3v) is 3.92. The van der Waals surface area contributed by atoms with Gasteiger partial charge in [-0.15, -0.1) is 0 Å². The van der Waals surface area contributed by atoms with Crippen molar-refractivity contribution in [3.63, 3.8) is 0 Å². The molecule has 0 unspecified atom stereocenters. The maximum Gasteiger partial charge on any atom is 0.276 e. The highest BCUT2D eigenvalue weighted by molar-refractivity contribution is 6.02. The van der Waals surface area contributed by atoms with Crippen LogP contribution in [0.5, 0.6) is 11.6 Å². The van der Waals surface area contributed by atoms with Crippen LogP contribution in [0.3, 0.4) is 0 Å². The molecule has 4 rings (SSSR count). The van der Waals surface area contributed by atoms with Crippen molar-refractivity contribution < 1.29 is 9.53 Å². The van der Waals surface area contributed by atoms with Crippen LogP contribution in [0.15, 0.2) is 72.3 Å². The van der Waals surface area contributed by atoms with Gasteiger partial charge in [0.05, 0.1) is 0 Å². The zero-order chi connectivity index (χ0) is 20.2. The summed E-state index contributed by atoms with van der Waals surface area (Å²) in [5, 5.41) is 6.63.